The molecule has 4 rings (SSSR count). The van der Waals surface area contributed by atoms with E-state index >= 15 is 0 Å². The zero-order valence-corrected chi connectivity index (χ0v) is 16.5. The molecule has 29 heavy (non-hydrogen) atoms. The summed E-state index contributed by atoms with van der Waals surface area (Å²) in [6.07, 6.45) is 2.70. The third-order valence-corrected chi connectivity index (χ3v) is 5.58. The van der Waals surface area contributed by atoms with Crippen molar-refractivity contribution in [2.45, 2.75) is 37.6 Å². The molecule has 0 bridgehead atoms. The Kier molecular flexibility index (Phi) is 6.08. The molecule has 1 aliphatic carbocycles. The maximum absolute atomic E-state index is 12.8. The summed E-state index contributed by atoms with van der Waals surface area (Å²) in [5.41, 5.74) is 1.45. The average molecular weight is 397 g/mol. The van der Waals surface area contributed by atoms with Crippen LogP contribution in [0, 0.1) is 6.92 Å². The number of rotatable bonds is 5. The molecule has 2 aliphatic rings. The fourth-order valence-electron chi connectivity index (χ4n) is 4.20. The Hall–Kier alpha value is -2.48. The first-order valence-electron chi connectivity index (χ1n) is 10.1. The molecule has 1 saturated carbocycles. The molecule has 2 heterocycles. The van der Waals surface area contributed by atoms with E-state index in [2.05, 4.69) is 15.2 Å². The lowest BCUT2D eigenvalue weighted by Gasteiger charge is -2.37. The van der Waals surface area contributed by atoms with Crippen LogP contribution in [0.2, 0.25) is 0 Å². The van der Waals surface area contributed by atoms with E-state index < -0.39 is 12.2 Å². The van der Waals surface area contributed by atoms with Crippen LogP contribution in [-0.4, -0.2) is 71.5 Å². The lowest BCUT2D eigenvalue weighted by molar-refractivity contribution is -0.0350. The molecule has 154 valence electrons. The minimum atomic E-state index is -0.714. The number of hydrogen-bond donors (Lipinski definition) is 2. The first-order valence-corrected chi connectivity index (χ1v) is 10.1. The molecule has 7 heteroatoms. The molecule has 0 unspecified atom stereocenters. The highest BCUT2D eigenvalue weighted by Gasteiger charge is 2.47. The number of morpholine rings is 1. The van der Waals surface area contributed by atoms with Gasteiger partial charge in [0, 0.05) is 31.9 Å². The number of para-hydroxylation sites is 1. The summed E-state index contributed by atoms with van der Waals surface area (Å²) in [7, 11) is 0. The topological polar surface area (TPSA) is 83.9 Å². The van der Waals surface area contributed by atoms with Crippen molar-refractivity contribution < 1.29 is 19.4 Å². The van der Waals surface area contributed by atoms with Gasteiger partial charge in [0.05, 0.1) is 30.9 Å². The number of aromatic nitrogens is 1. The second-order valence-corrected chi connectivity index (χ2v) is 7.67. The lowest BCUT2D eigenvalue weighted by Crippen LogP contribution is -2.56. The number of aliphatic hydroxyl groups is 1. The number of hydrogen-bond acceptors (Lipinski definition) is 6. The number of amides is 1. The van der Waals surface area contributed by atoms with Crippen molar-refractivity contribution in [3.05, 3.63) is 59.9 Å². The molecular formula is C22H27N3O4. The molecule has 7 nitrogen and oxygen atoms in total. The standard InChI is InChI=1S/C22H27N3O4/c1-15-11-16(14-23-13-15)22(27)24-18-12-19(29-17-5-3-2-4-6-17)21(26)20(18)25-7-9-28-10-8-25/h2-6,11,13-14,18-21,26H,7-10,12H2,1H3,(H,24,27)/t18-,19-,20+,21+/m1/s1. The van der Waals surface area contributed by atoms with Crippen molar-refractivity contribution >= 4 is 5.91 Å². The van der Waals surface area contributed by atoms with Gasteiger partial charge in [0.25, 0.3) is 5.91 Å². The van der Waals surface area contributed by atoms with Crippen LogP contribution in [0.3, 0.4) is 0 Å². The number of benzene rings is 1. The van der Waals surface area contributed by atoms with Crippen LogP contribution in [0.1, 0.15) is 22.3 Å². The average Bonchev–Trinajstić information content (AvgIpc) is 3.04. The summed E-state index contributed by atoms with van der Waals surface area (Å²) in [5.74, 6) is 0.532. The third-order valence-electron chi connectivity index (χ3n) is 5.58. The maximum Gasteiger partial charge on any atom is 0.253 e. The Morgan fingerprint density at radius 1 is 1.24 bits per heavy atom. The van der Waals surface area contributed by atoms with E-state index in [9.17, 15) is 9.90 Å². The van der Waals surface area contributed by atoms with E-state index in [1.807, 2.05) is 43.3 Å². The monoisotopic (exact) mass is 397 g/mol. The van der Waals surface area contributed by atoms with Gasteiger partial charge in [-0.25, -0.2) is 0 Å². The molecule has 2 aromatic rings. The number of aryl methyl sites for hydroxylation is 1. The molecule has 1 aromatic heterocycles. The van der Waals surface area contributed by atoms with E-state index in [4.69, 9.17) is 9.47 Å². The summed E-state index contributed by atoms with van der Waals surface area (Å²) in [6, 6.07) is 10.8. The van der Waals surface area contributed by atoms with Gasteiger partial charge in [-0.2, -0.15) is 0 Å². The predicted octanol–water partition coefficient (Wildman–Crippen LogP) is 1.40. The zero-order valence-electron chi connectivity index (χ0n) is 16.5. The van der Waals surface area contributed by atoms with Crippen LogP contribution in [0.5, 0.6) is 5.75 Å². The number of nitrogens with zero attached hydrogens (tertiary/aromatic N) is 2. The van der Waals surface area contributed by atoms with Crippen molar-refractivity contribution in [3.8, 4) is 5.75 Å². The number of carbonyl (C=O) groups excluding carboxylic acids is 1. The third kappa shape index (κ3) is 4.58. The molecule has 1 amide bonds. The van der Waals surface area contributed by atoms with Crippen molar-refractivity contribution in [3.63, 3.8) is 0 Å². The minimum absolute atomic E-state index is 0.183. The van der Waals surface area contributed by atoms with Gasteiger partial charge in [-0.15, -0.1) is 0 Å². The van der Waals surface area contributed by atoms with Crippen LogP contribution < -0.4 is 10.1 Å². The molecule has 1 saturated heterocycles. The molecule has 0 radical (unpaired) electrons. The number of aliphatic hydroxyl groups excluding tert-OH is 1. The van der Waals surface area contributed by atoms with Crippen LogP contribution in [-0.2, 0) is 4.74 Å². The molecule has 2 fully saturated rings. The Bertz CT molecular complexity index is 826. The normalized spacial score (nSPS) is 27.5. The number of pyridine rings is 1. The van der Waals surface area contributed by atoms with Crippen molar-refractivity contribution in [1.29, 1.82) is 0 Å². The number of carbonyl (C=O) groups is 1. The van der Waals surface area contributed by atoms with Gasteiger partial charge in [-0.1, -0.05) is 18.2 Å². The molecule has 2 N–H and O–H groups in total. The van der Waals surface area contributed by atoms with E-state index in [0.717, 1.165) is 18.7 Å². The van der Waals surface area contributed by atoms with E-state index in [-0.39, 0.29) is 18.0 Å². The number of nitrogens with one attached hydrogen (secondary N) is 1. The fraction of sp³-hybridized carbons (Fsp3) is 0.455. The molecular weight excluding hydrogens is 370 g/mol. The SMILES string of the molecule is Cc1cncc(C(=O)N[C@@H]2C[C@@H](Oc3ccccc3)[C@H](O)[C@H]2N2CCOCC2)c1. The van der Waals surface area contributed by atoms with Gasteiger partial charge >= 0.3 is 0 Å². The molecule has 0 spiro atoms. The van der Waals surface area contributed by atoms with Gasteiger partial charge in [-0.05, 0) is 30.7 Å². The summed E-state index contributed by atoms with van der Waals surface area (Å²) in [6.45, 7) is 4.59. The molecule has 1 aliphatic heterocycles. The summed E-state index contributed by atoms with van der Waals surface area (Å²) >= 11 is 0. The van der Waals surface area contributed by atoms with Gasteiger partial charge in [0.1, 0.15) is 18.0 Å². The van der Waals surface area contributed by atoms with Crippen LogP contribution in [0.25, 0.3) is 0 Å². The highest BCUT2D eigenvalue weighted by Crippen LogP contribution is 2.30. The lowest BCUT2D eigenvalue weighted by atomic mass is 10.1. The van der Waals surface area contributed by atoms with Gasteiger partial charge < -0.3 is 19.9 Å². The molecule has 1 aromatic carbocycles. The Labute approximate surface area is 170 Å². The second kappa shape index (κ2) is 8.90. The fourth-order valence-corrected chi connectivity index (χ4v) is 4.20. The largest absolute Gasteiger partial charge is 0.488 e. The predicted molar refractivity (Wildman–Crippen MR) is 108 cm³/mol. The Morgan fingerprint density at radius 3 is 2.72 bits per heavy atom. The minimum Gasteiger partial charge on any atom is -0.488 e. The van der Waals surface area contributed by atoms with E-state index in [1.54, 1.807) is 12.4 Å². The highest BCUT2D eigenvalue weighted by molar-refractivity contribution is 5.94. The van der Waals surface area contributed by atoms with Crippen LogP contribution in [0.4, 0.5) is 0 Å². The number of ether oxygens (including phenoxy) is 2. The molecule has 4 atom stereocenters. The van der Waals surface area contributed by atoms with Crippen molar-refractivity contribution in [2.24, 2.45) is 0 Å². The quantitative estimate of drug-likeness (QED) is 0.794. The zero-order chi connectivity index (χ0) is 20.2. The summed E-state index contributed by atoms with van der Waals surface area (Å²) in [5, 5.41) is 14.2. The van der Waals surface area contributed by atoms with Gasteiger partial charge in [0.2, 0.25) is 0 Å². The van der Waals surface area contributed by atoms with E-state index in [0.29, 0.717) is 30.9 Å². The summed E-state index contributed by atoms with van der Waals surface area (Å²) in [4.78, 5) is 19.1. The summed E-state index contributed by atoms with van der Waals surface area (Å²) < 4.78 is 11.5. The van der Waals surface area contributed by atoms with Crippen molar-refractivity contribution in [2.75, 3.05) is 26.3 Å². The van der Waals surface area contributed by atoms with Crippen molar-refractivity contribution in [1.82, 2.24) is 15.2 Å². The first kappa shape index (κ1) is 19.8. The smallest absolute Gasteiger partial charge is 0.253 e. The first-order chi connectivity index (χ1) is 14.1. The van der Waals surface area contributed by atoms with Gasteiger partial charge in [-0.3, -0.25) is 14.7 Å². The van der Waals surface area contributed by atoms with Crippen LogP contribution >= 0.6 is 0 Å². The second-order valence-electron chi connectivity index (χ2n) is 7.67. The highest BCUT2D eigenvalue weighted by atomic mass is 16.5. The van der Waals surface area contributed by atoms with Crippen LogP contribution in [0.15, 0.2) is 48.8 Å². The Morgan fingerprint density at radius 2 is 2.00 bits per heavy atom. The Balaban J connectivity index is 1.52. The van der Waals surface area contributed by atoms with E-state index in [1.165, 1.54) is 0 Å². The van der Waals surface area contributed by atoms with Gasteiger partial charge in [0.15, 0.2) is 0 Å². The maximum atomic E-state index is 12.8.